The Labute approximate surface area is 137 Å². The van der Waals surface area contributed by atoms with Crippen LogP contribution >= 0.6 is 0 Å². The quantitative estimate of drug-likeness (QED) is 0.838. The molecule has 2 atom stereocenters. The minimum Gasteiger partial charge on any atom is -0.468 e. The van der Waals surface area contributed by atoms with Crippen molar-refractivity contribution in [1.29, 1.82) is 0 Å². The Hall–Kier alpha value is -1.65. The van der Waals surface area contributed by atoms with E-state index >= 15 is 0 Å². The van der Waals surface area contributed by atoms with Crippen LogP contribution in [0.3, 0.4) is 0 Å². The molecular weight excluding hydrogens is 291 g/mol. The zero-order chi connectivity index (χ0) is 16.1. The summed E-state index contributed by atoms with van der Waals surface area (Å²) in [5, 5.41) is 3.57. The molecule has 0 saturated carbocycles. The second kappa shape index (κ2) is 7.75. The third kappa shape index (κ3) is 4.21. The number of hydrogen-bond acceptors (Lipinski definition) is 3. The lowest BCUT2D eigenvalue weighted by atomic mass is 10.0. The summed E-state index contributed by atoms with van der Waals surface area (Å²) in [6.45, 7) is 6.19. The molecule has 1 aromatic carbocycles. The number of likely N-dealkylation sites (tertiary alicyclic amines) is 1. The van der Waals surface area contributed by atoms with E-state index in [1.165, 1.54) is 25.0 Å². The molecule has 23 heavy (non-hydrogen) atoms. The monoisotopic (exact) mass is 316 g/mol. The highest BCUT2D eigenvalue weighted by atomic mass is 19.1. The number of rotatable bonds is 7. The van der Waals surface area contributed by atoms with Gasteiger partial charge in [-0.15, -0.1) is 0 Å². The van der Waals surface area contributed by atoms with Crippen LogP contribution in [-0.2, 0) is 0 Å². The SMILES string of the molecule is C[C@@H](CNC[C@@H](c1ccco1)N1CCCC1)c1ccc(F)cc1. The van der Waals surface area contributed by atoms with Gasteiger partial charge in [-0.1, -0.05) is 19.1 Å². The van der Waals surface area contributed by atoms with Gasteiger partial charge >= 0.3 is 0 Å². The fourth-order valence-corrected chi connectivity index (χ4v) is 3.29. The van der Waals surface area contributed by atoms with Crippen molar-refractivity contribution >= 4 is 0 Å². The lowest BCUT2D eigenvalue weighted by molar-refractivity contribution is 0.209. The van der Waals surface area contributed by atoms with E-state index in [0.29, 0.717) is 12.0 Å². The molecule has 1 saturated heterocycles. The first-order valence-electron chi connectivity index (χ1n) is 8.47. The first-order chi connectivity index (χ1) is 11.2. The first kappa shape index (κ1) is 16.2. The van der Waals surface area contributed by atoms with Crippen LogP contribution in [-0.4, -0.2) is 31.1 Å². The summed E-state index contributed by atoms with van der Waals surface area (Å²) >= 11 is 0. The molecule has 4 heteroatoms. The fourth-order valence-electron chi connectivity index (χ4n) is 3.29. The second-order valence-corrected chi connectivity index (χ2v) is 6.39. The Bertz CT molecular complexity index is 576. The van der Waals surface area contributed by atoms with Crippen LogP contribution in [0.4, 0.5) is 4.39 Å². The lowest BCUT2D eigenvalue weighted by Gasteiger charge is -2.26. The molecule has 0 spiro atoms. The molecule has 3 rings (SSSR count). The summed E-state index contributed by atoms with van der Waals surface area (Å²) in [6, 6.07) is 11.1. The molecule has 0 aliphatic carbocycles. The van der Waals surface area contributed by atoms with Gasteiger partial charge in [0.15, 0.2) is 0 Å². The summed E-state index contributed by atoms with van der Waals surface area (Å²) in [7, 11) is 0. The maximum Gasteiger partial charge on any atom is 0.123 e. The summed E-state index contributed by atoms with van der Waals surface area (Å²) in [5.74, 6) is 1.21. The summed E-state index contributed by atoms with van der Waals surface area (Å²) < 4.78 is 18.6. The summed E-state index contributed by atoms with van der Waals surface area (Å²) in [5.41, 5.74) is 1.16. The normalized spacial score (nSPS) is 18.2. The number of furan rings is 1. The van der Waals surface area contributed by atoms with Gasteiger partial charge in [-0.2, -0.15) is 0 Å². The van der Waals surface area contributed by atoms with Crippen molar-refractivity contribution in [3.05, 3.63) is 59.8 Å². The van der Waals surface area contributed by atoms with Gasteiger partial charge in [-0.05, 0) is 61.7 Å². The van der Waals surface area contributed by atoms with Gasteiger partial charge < -0.3 is 9.73 Å². The van der Waals surface area contributed by atoms with E-state index in [9.17, 15) is 4.39 Å². The molecule has 1 fully saturated rings. The van der Waals surface area contributed by atoms with E-state index in [4.69, 9.17) is 4.42 Å². The van der Waals surface area contributed by atoms with E-state index in [2.05, 4.69) is 23.2 Å². The predicted octanol–water partition coefficient (Wildman–Crippen LogP) is 3.95. The van der Waals surface area contributed by atoms with Gasteiger partial charge in [0.25, 0.3) is 0 Å². The maximum atomic E-state index is 13.0. The van der Waals surface area contributed by atoms with Gasteiger partial charge in [-0.25, -0.2) is 4.39 Å². The Balaban J connectivity index is 1.55. The number of nitrogens with zero attached hydrogens (tertiary/aromatic N) is 1. The molecule has 0 unspecified atom stereocenters. The molecule has 1 N–H and O–H groups in total. The van der Waals surface area contributed by atoms with Crippen LogP contribution in [0.2, 0.25) is 0 Å². The lowest BCUT2D eigenvalue weighted by Crippen LogP contribution is -2.35. The molecule has 2 aromatic rings. The number of hydrogen-bond donors (Lipinski definition) is 1. The van der Waals surface area contributed by atoms with Crippen molar-refractivity contribution in [3.63, 3.8) is 0 Å². The Kier molecular flexibility index (Phi) is 5.47. The topological polar surface area (TPSA) is 28.4 Å². The average Bonchev–Trinajstić information content (AvgIpc) is 3.26. The third-order valence-corrected chi connectivity index (χ3v) is 4.68. The number of nitrogens with one attached hydrogen (secondary N) is 1. The molecule has 1 aliphatic heterocycles. The summed E-state index contributed by atoms with van der Waals surface area (Å²) in [6.07, 6.45) is 4.28. The zero-order valence-electron chi connectivity index (χ0n) is 13.7. The van der Waals surface area contributed by atoms with Gasteiger partial charge in [0, 0.05) is 13.1 Å². The number of halogens is 1. The molecule has 1 aliphatic rings. The first-order valence-corrected chi connectivity index (χ1v) is 8.47. The molecule has 3 nitrogen and oxygen atoms in total. The van der Waals surface area contributed by atoms with Gasteiger partial charge in [0.2, 0.25) is 0 Å². The van der Waals surface area contributed by atoms with Crippen molar-refractivity contribution in [1.82, 2.24) is 10.2 Å². The van der Waals surface area contributed by atoms with Crippen LogP contribution < -0.4 is 5.32 Å². The highest BCUT2D eigenvalue weighted by Crippen LogP contribution is 2.25. The van der Waals surface area contributed by atoms with Gasteiger partial charge in [0.1, 0.15) is 11.6 Å². The Morgan fingerprint density at radius 1 is 1.13 bits per heavy atom. The molecule has 0 radical (unpaired) electrons. The van der Waals surface area contributed by atoms with Crippen molar-refractivity contribution in [2.24, 2.45) is 0 Å². The smallest absolute Gasteiger partial charge is 0.123 e. The molecule has 0 bridgehead atoms. The zero-order valence-corrected chi connectivity index (χ0v) is 13.7. The van der Waals surface area contributed by atoms with E-state index in [1.54, 1.807) is 6.26 Å². The van der Waals surface area contributed by atoms with Crippen molar-refractivity contribution < 1.29 is 8.81 Å². The Morgan fingerprint density at radius 2 is 1.87 bits per heavy atom. The van der Waals surface area contributed by atoms with Crippen molar-refractivity contribution in [2.75, 3.05) is 26.2 Å². The van der Waals surface area contributed by atoms with E-state index in [0.717, 1.165) is 37.5 Å². The maximum absolute atomic E-state index is 13.0. The largest absolute Gasteiger partial charge is 0.468 e. The molecule has 124 valence electrons. The Morgan fingerprint density at radius 3 is 2.52 bits per heavy atom. The van der Waals surface area contributed by atoms with Crippen LogP contribution in [0.1, 0.15) is 43.0 Å². The van der Waals surface area contributed by atoms with Crippen LogP contribution in [0, 0.1) is 5.82 Å². The minimum absolute atomic E-state index is 0.180. The van der Waals surface area contributed by atoms with Gasteiger partial charge in [0.05, 0.1) is 12.3 Å². The highest BCUT2D eigenvalue weighted by Gasteiger charge is 2.25. The van der Waals surface area contributed by atoms with E-state index in [-0.39, 0.29) is 5.82 Å². The highest BCUT2D eigenvalue weighted by molar-refractivity contribution is 5.20. The molecule has 1 aromatic heterocycles. The molecule has 0 amide bonds. The van der Waals surface area contributed by atoms with Crippen molar-refractivity contribution in [3.8, 4) is 0 Å². The minimum atomic E-state index is -0.180. The van der Waals surface area contributed by atoms with Crippen LogP contribution in [0.25, 0.3) is 0 Å². The molecule has 2 heterocycles. The third-order valence-electron chi connectivity index (χ3n) is 4.68. The predicted molar refractivity (Wildman–Crippen MR) is 89.9 cm³/mol. The second-order valence-electron chi connectivity index (χ2n) is 6.39. The fraction of sp³-hybridized carbons (Fsp3) is 0.474. The van der Waals surface area contributed by atoms with E-state index < -0.39 is 0 Å². The van der Waals surface area contributed by atoms with Crippen molar-refractivity contribution in [2.45, 2.75) is 31.7 Å². The van der Waals surface area contributed by atoms with Crippen LogP contribution in [0.15, 0.2) is 47.1 Å². The van der Waals surface area contributed by atoms with E-state index in [1.807, 2.05) is 18.2 Å². The average molecular weight is 316 g/mol. The van der Waals surface area contributed by atoms with Crippen LogP contribution in [0.5, 0.6) is 0 Å². The standard InChI is InChI=1S/C19H25FN2O/c1-15(16-6-8-17(20)9-7-16)13-21-14-18(19-5-4-12-23-19)22-10-2-3-11-22/h4-9,12,15,18,21H,2-3,10-11,13-14H2,1H3/t15-,18-/m0/s1. The summed E-state index contributed by atoms with van der Waals surface area (Å²) in [4.78, 5) is 2.49. The molecular formula is C19H25FN2O. The number of benzene rings is 1. The van der Waals surface area contributed by atoms with Gasteiger partial charge in [-0.3, -0.25) is 4.90 Å².